The number of rotatable bonds is 7. The average Bonchev–Trinajstić information content (AvgIpc) is 3.25. The summed E-state index contributed by atoms with van der Waals surface area (Å²) in [6.07, 6.45) is 3.43. The van der Waals surface area contributed by atoms with Crippen molar-refractivity contribution in [2.45, 2.75) is 25.3 Å². The van der Waals surface area contributed by atoms with Gasteiger partial charge < -0.3 is 26.5 Å². The molecule has 0 bridgehead atoms. The summed E-state index contributed by atoms with van der Waals surface area (Å²) in [6.45, 7) is 3.40. The number of hydrogen-bond acceptors (Lipinski definition) is 7. The lowest BCUT2D eigenvalue weighted by molar-refractivity contribution is -0.132. The van der Waals surface area contributed by atoms with E-state index in [4.69, 9.17) is 16.3 Å². The van der Waals surface area contributed by atoms with Crippen LogP contribution in [0.5, 0.6) is 5.75 Å². The van der Waals surface area contributed by atoms with Gasteiger partial charge in [0.1, 0.15) is 17.3 Å². The Morgan fingerprint density at radius 1 is 1.19 bits per heavy atom. The van der Waals surface area contributed by atoms with Crippen molar-refractivity contribution in [3.8, 4) is 17.0 Å². The molecule has 37 heavy (non-hydrogen) atoms. The van der Waals surface area contributed by atoms with Gasteiger partial charge in [-0.25, -0.2) is 19.0 Å². The van der Waals surface area contributed by atoms with Gasteiger partial charge in [0.2, 0.25) is 0 Å². The summed E-state index contributed by atoms with van der Waals surface area (Å²) >= 11 is 0. The van der Waals surface area contributed by atoms with Crippen molar-refractivity contribution >= 4 is 23.5 Å². The number of imidazole rings is 1. The number of aromatic nitrogens is 3. The Balaban J connectivity index is 1.64. The summed E-state index contributed by atoms with van der Waals surface area (Å²) in [4.78, 5) is 47.3. The Labute approximate surface area is 211 Å². The Morgan fingerprint density at radius 3 is 2.57 bits per heavy atom. The zero-order valence-electron chi connectivity index (χ0n) is 20.1. The van der Waals surface area contributed by atoms with E-state index in [0.29, 0.717) is 42.1 Å². The fourth-order valence-electron chi connectivity index (χ4n) is 4.30. The smallest absolute Gasteiger partial charge is 0.282 e. The second kappa shape index (κ2) is 10.5. The number of hydrogen-bond donors (Lipinski definition) is 3. The van der Waals surface area contributed by atoms with E-state index >= 15 is 0 Å². The molecule has 0 aliphatic carbocycles. The Morgan fingerprint density at radius 2 is 1.92 bits per heavy atom. The molecule has 0 spiro atoms. The molecule has 1 fully saturated rings. The van der Waals surface area contributed by atoms with Gasteiger partial charge in [0.15, 0.2) is 17.3 Å². The largest absolute Gasteiger partial charge is 0.497 e. The first-order valence-electron chi connectivity index (χ1n) is 11.5. The van der Waals surface area contributed by atoms with E-state index < -0.39 is 29.6 Å². The first-order valence-corrected chi connectivity index (χ1v) is 11.5. The summed E-state index contributed by atoms with van der Waals surface area (Å²) in [5, 5.41) is 2.68. The number of nitrogens with zero attached hydrogens (tertiary/aromatic N) is 4. The van der Waals surface area contributed by atoms with E-state index in [9.17, 15) is 18.8 Å². The van der Waals surface area contributed by atoms with Crippen LogP contribution in [0.4, 0.5) is 10.2 Å². The zero-order valence-corrected chi connectivity index (χ0v) is 20.1. The number of carbonyl (C=O) groups excluding carboxylic acids is 3. The number of ether oxygens (including phenoxy) is 1. The third-order valence-electron chi connectivity index (χ3n) is 6.09. The molecule has 1 aromatic carbocycles. The highest BCUT2D eigenvalue weighted by Gasteiger charge is 2.35. The van der Waals surface area contributed by atoms with Gasteiger partial charge in [-0.2, -0.15) is 0 Å². The molecule has 5 N–H and O–H groups in total. The maximum absolute atomic E-state index is 13.7. The highest BCUT2D eigenvalue weighted by atomic mass is 19.1. The second-order valence-electron chi connectivity index (χ2n) is 8.43. The van der Waals surface area contributed by atoms with Crippen molar-refractivity contribution in [3.63, 3.8) is 0 Å². The highest BCUT2D eigenvalue weighted by molar-refractivity contribution is 6.04. The number of anilines is 1. The van der Waals surface area contributed by atoms with E-state index in [2.05, 4.69) is 21.9 Å². The molecule has 4 rings (SSSR count). The molecular weight excluding hydrogens is 481 g/mol. The van der Waals surface area contributed by atoms with Gasteiger partial charge >= 0.3 is 0 Å². The summed E-state index contributed by atoms with van der Waals surface area (Å²) in [6, 6.07) is 8.87. The van der Waals surface area contributed by atoms with Crippen LogP contribution in [-0.4, -0.2) is 50.9 Å². The molecule has 1 unspecified atom stereocenters. The summed E-state index contributed by atoms with van der Waals surface area (Å²) < 4.78 is 19.8. The Kier molecular flexibility index (Phi) is 7.18. The van der Waals surface area contributed by atoms with E-state index in [1.54, 1.807) is 36.4 Å². The molecular formula is C25H26FN7O4. The fourth-order valence-corrected chi connectivity index (χ4v) is 4.30. The van der Waals surface area contributed by atoms with E-state index in [1.807, 2.05) is 0 Å². The lowest BCUT2D eigenvalue weighted by Gasteiger charge is -2.34. The molecule has 0 radical (unpaired) electrons. The molecule has 3 amide bonds. The number of amides is 3. The van der Waals surface area contributed by atoms with Crippen molar-refractivity contribution < 1.29 is 23.5 Å². The van der Waals surface area contributed by atoms with Crippen LogP contribution in [0.15, 0.2) is 55.0 Å². The van der Waals surface area contributed by atoms with Crippen molar-refractivity contribution in [1.82, 2.24) is 19.5 Å². The van der Waals surface area contributed by atoms with Crippen LogP contribution >= 0.6 is 0 Å². The molecule has 1 aliphatic rings. The van der Waals surface area contributed by atoms with Crippen LogP contribution in [0.2, 0.25) is 0 Å². The monoisotopic (exact) mass is 507 g/mol. The van der Waals surface area contributed by atoms with Gasteiger partial charge in [0, 0.05) is 29.9 Å². The standard InChI is InChI=1S/C25H26FN7O4/c1-14(26)25(36)32-12-4-3-5-18(32)23-31-20(21(22(27)34)33(23)28)15-6-8-16(9-7-15)24(35)30-19-13-17(37-2)10-11-29-19/h6-11,13,18H,1,3-5,12,28H2,2H3,(H2,27,34)(H,29,30,35). The third-order valence-corrected chi connectivity index (χ3v) is 6.09. The molecule has 12 heteroatoms. The summed E-state index contributed by atoms with van der Waals surface area (Å²) in [5.74, 6) is 4.10. The molecule has 3 heterocycles. The third kappa shape index (κ3) is 5.13. The number of halogens is 1. The summed E-state index contributed by atoms with van der Waals surface area (Å²) in [5.41, 5.74) is 6.51. The molecule has 2 aromatic heterocycles. The molecule has 192 valence electrons. The fraction of sp³-hybridized carbons (Fsp3) is 0.240. The minimum Gasteiger partial charge on any atom is -0.497 e. The number of nitrogen functional groups attached to an aromatic ring is 1. The summed E-state index contributed by atoms with van der Waals surface area (Å²) in [7, 11) is 1.51. The minimum absolute atomic E-state index is 0.0789. The van der Waals surface area contributed by atoms with Crippen LogP contribution in [0, 0.1) is 0 Å². The molecule has 11 nitrogen and oxygen atoms in total. The number of piperidine rings is 1. The predicted octanol–water partition coefficient (Wildman–Crippen LogP) is 2.56. The van der Waals surface area contributed by atoms with Crippen molar-refractivity contribution in [2.75, 3.05) is 24.8 Å². The van der Waals surface area contributed by atoms with Crippen molar-refractivity contribution in [1.29, 1.82) is 0 Å². The number of benzene rings is 1. The van der Waals surface area contributed by atoms with Crippen LogP contribution in [0.25, 0.3) is 11.3 Å². The minimum atomic E-state index is -1.09. The maximum atomic E-state index is 13.7. The number of pyridine rings is 1. The first kappa shape index (κ1) is 25.4. The SMILES string of the molecule is C=C(F)C(=O)N1CCCCC1c1nc(-c2ccc(C(=O)Nc3cc(OC)ccn3)cc2)c(C(N)=O)n1N. The Hall–Kier alpha value is -4.74. The lowest BCUT2D eigenvalue weighted by Crippen LogP contribution is -2.40. The van der Waals surface area contributed by atoms with Gasteiger partial charge in [-0.3, -0.25) is 14.4 Å². The molecule has 3 aromatic rings. The van der Waals surface area contributed by atoms with E-state index in [-0.39, 0.29) is 17.2 Å². The normalized spacial score (nSPS) is 15.2. The van der Waals surface area contributed by atoms with Gasteiger partial charge in [-0.1, -0.05) is 18.7 Å². The van der Waals surface area contributed by atoms with Crippen molar-refractivity contribution in [3.05, 3.63) is 72.1 Å². The average molecular weight is 508 g/mol. The topological polar surface area (TPSA) is 158 Å². The van der Waals surface area contributed by atoms with Gasteiger partial charge in [0.25, 0.3) is 17.7 Å². The van der Waals surface area contributed by atoms with Crippen LogP contribution < -0.4 is 21.6 Å². The van der Waals surface area contributed by atoms with Crippen LogP contribution in [-0.2, 0) is 4.79 Å². The van der Waals surface area contributed by atoms with E-state index in [1.165, 1.54) is 18.2 Å². The highest BCUT2D eigenvalue weighted by Crippen LogP contribution is 2.34. The van der Waals surface area contributed by atoms with Crippen molar-refractivity contribution in [2.24, 2.45) is 5.73 Å². The number of nitrogens with two attached hydrogens (primary N) is 2. The van der Waals surface area contributed by atoms with E-state index in [0.717, 1.165) is 11.1 Å². The van der Waals surface area contributed by atoms with Gasteiger partial charge in [0.05, 0.1) is 13.2 Å². The molecule has 1 aliphatic heterocycles. The number of primary amides is 1. The predicted molar refractivity (Wildman–Crippen MR) is 134 cm³/mol. The second-order valence-corrected chi connectivity index (χ2v) is 8.43. The molecule has 1 saturated heterocycles. The maximum Gasteiger partial charge on any atom is 0.282 e. The molecule has 0 saturated carbocycles. The molecule has 1 atom stereocenters. The zero-order chi connectivity index (χ0) is 26.7. The number of methoxy groups -OCH3 is 1. The number of likely N-dealkylation sites (tertiary alicyclic amines) is 1. The van der Waals surface area contributed by atoms with Crippen LogP contribution in [0.1, 0.15) is 52.0 Å². The van der Waals surface area contributed by atoms with Gasteiger partial charge in [-0.05, 0) is 37.5 Å². The van der Waals surface area contributed by atoms with Crippen LogP contribution in [0.3, 0.4) is 0 Å². The van der Waals surface area contributed by atoms with Gasteiger partial charge in [-0.15, -0.1) is 0 Å². The number of carbonyl (C=O) groups is 3. The lowest BCUT2D eigenvalue weighted by atomic mass is 10.0. The quantitative estimate of drug-likeness (QED) is 0.327. The number of nitrogens with one attached hydrogen (secondary N) is 1. The first-order chi connectivity index (χ1) is 17.7. The Bertz CT molecular complexity index is 1370.